The van der Waals surface area contributed by atoms with E-state index in [0.717, 1.165) is 9.52 Å². The van der Waals surface area contributed by atoms with Crippen molar-refractivity contribution in [1.82, 2.24) is 0 Å². The molecule has 0 nitrogen and oxygen atoms in total. The van der Waals surface area contributed by atoms with Crippen LogP contribution in [0.1, 0.15) is 141 Å². The summed E-state index contributed by atoms with van der Waals surface area (Å²) in [5, 5.41) is 11.0. The number of hydrogen-bond donors (Lipinski definition) is 0. The Morgan fingerprint density at radius 2 is 0.721 bits per heavy atom. The SMILES string of the molecule is CCC1(Cc2cc3c(-c4cccc5ccccc45)cccc3[cH-]2)CCCCCCCC1.CCC1(Cc2cc3c(-c4cccc5ccccc45)cccc3[cH-]2)CCCCCCCC1.C[Si]C.[Cl][Zr+2][Cl]. The van der Waals surface area contributed by atoms with E-state index in [4.69, 9.17) is 17.0 Å². The van der Waals surface area contributed by atoms with Crippen LogP contribution in [0.15, 0.2) is 146 Å². The van der Waals surface area contributed by atoms with Gasteiger partial charge in [0, 0.05) is 9.52 Å². The Morgan fingerprint density at radius 3 is 1.07 bits per heavy atom. The van der Waals surface area contributed by atoms with E-state index in [0.29, 0.717) is 10.8 Å². The molecule has 4 heteroatoms. The molecular formula is C64H76Cl2SiZr. The van der Waals surface area contributed by atoms with Crippen LogP contribution in [0.4, 0.5) is 0 Å². The average Bonchev–Trinajstić information content (AvgIpc) is 4.03. The Bertz CT molecular complexity index is 2540. The van der Waals surface area contributed by atoms with Gasteiger partial charge >= 0.3 is 37.9 Å². The zero-order chi connectivity index (χ0) is 47.6. The summed E-state index contributed by atoms with van der Waals surface area (Å²) < 4.78 is 0. The Labute approximate surface area is 432 Å². The van der Waals surface area contributed by atoms with Gasteiger partial charge in [0.15, 0.2) is 0 Å². The van der Waals surface area contributed by atoms with Crippen LogP contribution >= 0.6 is 17.0 Å². The molecule has 354 valence electrons. The third-order valence-corrected chi connectivity index (χ3v) is 15.8. The zero-order valence-electron chi connectivity index (χ0n) is 41.8. The minimum absolute atomic E-state index is 0.494. The third-order valence-electron chi connectivity index (χ3n) is 15.8. The molecule has 2 saturated carbocycles. The van der Waals surface area contributed by atoms with Crippen molar-refractivity contribution in [3.63, 3.8) is 0 Å². The maximum atomic E-state index is 4.93. The predicted octanol–water partition coefficient (Wildman–Crippen LogP) is 21.1. The van der Waals surface area contributed by atoms with Gasteiger partial charge in [0.2, 0.25) is 0 Å². The van der Waals surface area contributed by atoms with Crippen molar-refractivity contribution < 1.29 is 20.8 Å². The second-order valence-electron chi connectivity index (χ2n) is 20.3. The summed E-state index contributed by atoms with van der Waals surface area (Å²) in [6.45, 7) is 9.17. The van der Waals surface area contributed by atoms with Gasteiger partial charge in [0.05, 0.1) is 0 Å². The number of benzene rings is 6. The van der Waals surface area contributed by atoms with Gasteiger partial charge in [-0.2, -0.15) is 12.1 Å². The van der Waals surface area contributed by atoms with E-state index < -0.39 is 20.8 Å². The van der Waals surface area contributed by atoms with Crippen molar-refractivity contribution in [2.75, 3.05) is 0 Å². The summed E-state index contributed by atoms with van der Waals surface area (Å²) in [5.74, 6) is 0. The molecule has 10 rings (SSSR count). The van der Waals surface area contributed by atoms with Gasteiger partial charge in [-0.3, -0.25) is 0 Å². The summed E-state index contributed by atoms with van der Waals surface area (Å²) >= 11 is -0.826. The van der Waals surface area contributed by atoms with Gasteiger partial charge in [0.25, 0.3) is 0 Å². The molecule has 2 radical (unpaired) electrons. The van der Waals surface area contributed by atoms with Crippen molar-refractivity contribution in [2.45, 2.75) is 155 Å². The summed E-state index contributed by atoms with van der Waals surface area (Å²) in [4.78, 5) is 0. The molecule has 0 amide bonds. The van der Waals surface area contributed by atoms with Crippen LogP contribution in [-0.4, -0.2) is 9.52 Å². The minimum atomic E-state index is -0.826. The molecule has 2 aliphatic rings. The summed E-state index contributed by atoms with van der Waals surface area (Å²) in [7, 11) is 11.0. The van der Waals surface area contributed by atoms with E-state index in [1.165, 1.54) is 194 Å². The van der Waals surface area contributed by atoms with Gasteiger partial charge in [-0.25, -0.2) is 0 Å². The zero-order valence-corrected chi connectivity index (χ0v) is 46.7. The summed E-state index contributed by atoms with van der Waals surface area (Å²) in [6, 6.07) is 54.6. The average molecular weight is 1040 g/mol. The van der Waals surface area contributed by atoms with Gasteiger partial charge in [0.1, 0.15) is 0 Å². The predicted molar refractivity (Wildman–Crippen MR) is 301 cm³/mol. The quantitative estimate of drug-likeness (QED) is 0.105. The van der Waals surface area contributed by atoms with E-state index in [1.807, 2.05) is 0 Å². The van der Waals surface area contributed by atoms with Gasteiger partial charge in [-0.05, 0) is 82.0 Å². The molecule has 0 atom stereocenters. The molecule has 0 saturated heterocycles. The topological polar surface area (TPSA) is 0 Å². The fourth-order valence-electron chi connectivity index (χ4n) is 12.0. The fraction of sp³-hybridized carbons (Fsp3) is 0.406. The van der Waals surface area contributed by atoms with Gasteiger partial charge < -0.3 is 0 Å². The van der Waals surface area contributed by atoms with Crippen molar-refractivity contribution in [2.24, 2.45) is 10.8 Å². The molecule has 0 aromatic heterocycles. The van der Waals surface area contributed by atoms with Crippen LogP contribution < -0.4 is 0 Å². The maximum absolute atomic E-state index is 4.93. The molecular weight excluding hydrogens is 959 g/mol. The third kappa shape index (κ3) is 13.6. The molecule has 0 heterocycles. The Kier molecular flexibility index (Phi) is 20.7. The van der Waals surface area contributed by atoms with Crippen LogP contribution in [0.25, 0.3) is 65.3 Å². The number of rotatable bonds is 8. The first-order chi connectivity index (χ1) is 33.4. The Morgan fingerprint density at radius 1 is 0.426 bits per heavy atom. The van der Waals surface area contributed by atoms with Crippen molar-refractivity contribution in [3.8, 4) is 22.3 Å². The molecule has 68 heavy (non-hydrogen) atoms. The second-order valence-corrected chi connectivity index (χ2v) is 25.0. The Hall–Kier alpha value is -3.26. The van der Waals surface area contributed by atoms with E-state index in [1.54, 1.807) is 11.1 Å². The molecule has 0 spiro atoms. The van der Waals surface area contributed by atoms with E-state index >= 15 is 0 Å². The van der Waals surface area contributed by atoms with Crippen LogP contribution in [0.3, 0.4) is 0 Å². The molecule has 2 aliphatic carbocycles. The van der Waals surface area contributed by atoms with Crippen LogP contribution in [0, 0.1) is 10.8 Å². The van der Waals surface area contributed by atoms with Crippen LogP contribution in [-0.2, 0) is 33.7 Å². The fourth-order valence-corrected chi connectivity index (χ4v) is 12.0. The van der Waals surface area contributed by atoms with E-state index in [2.05, 4.69) is 173 Å². The van der Waals surface area contributed by atoms with E-state index in [-0.39, 0.29) is 0 Å². The van der Waals surface area contributed by atoms with Crippen molar-refractivity contribution in [1.29, 1.82) is 0 Å². The Balaban J connectivity index is 0.000000181. The molecule has 0 bridgehead atoms. The molecule has 2 fully saturated rings. The number of fused-ring (bicyclic) bond motifs is 4. The van der Waals surface area contributed by atoms with Crippen LogP contribution in [0.2, 0.25) is 13.1 Å². The molecule has 0 unspecified atom stereocenters. The normalized spacial score (nSPS) is 16.2. The second kappa shape index (κ2) is 26.8. The summed E-state index contributed by atoms with van der Waals surface area (Å²) in [6.07, 6.45) is 27.8. The van der Waals surface area contributed by atoms with E-state index in [9.17, 15) is 0 Å². The molecule has 0 N–H and O–H groups in total. The van der Waals surface area contributed by atoms with Crippen molar-refractivity contribution in [3.05, 3.63) is 157 Å². The van der Waals surface area contributed by atoms with Crippen molar-refractivity contribution >= 4 is 69.6 Å². The first-order valence-electron chi connectivity index (χ1n) is 26.3. The van der Waals surface area contributed by atoms with Crippen LogP contribution in [0.5, 0.6) is 0 Å². The monoisotopic (exact) mass is 1030 g/mol. The number of hydrogen-bond acceptors (Lipinski definition) is 0. The number of halogens is 2. The standard InChI is InChI=1S/2C31H35.C2H6Si.2ClH.Zr/c2*1-2-31(19-9-5-3-4-6-10-20-31)23-24-21-26-15-12-18-29(30(26)22-24)28-17-11-14-25-13-7-8-16-27(25)28;1-3-2;;;/h2*7-8,11-18,21-22H,2-6,9-10,19-20,23H2,1H3;1-2H3;2*1H;/q2*-1;;;;+4/p-2. The van der Waals surface area contributed by atoms with Gasteiger partial charge in [-0.15, -0.1) is 69.1 Å². The summed E-state index contributed by atoms with van der Waals surface area (Å²) in [5.41, 5.74) is 9.54. The van der Waals surface area contributed by atoms with Gasteiger partial charge in [-0.1, -0.05) is 225 Å². The first kappa shape index (κ1) is 52.6. The molecule has 0 aliphatic heterocycles. The molecule has 8 aromatic rings. The first-order valence-corrected chi connectivity index (χ1v) is 34.6. The molecule has 8 aromatic carbocycles.